The largest absolute Gasteiger partial charge is 0.462 e. The molecule has 3 N–H and O–H groups in total. The maximum absolute atomic E-state index is 12.7. The van der Waals surface area contributed by atoms with Crippen LogP contribution in [0.15, 0.2) is 23.1 Å². The molecule has 0 spiro atoms. The Balaban J connectivity index is 2.33. The SMILES string of the molecule is CCOC(=O)c1sc(N)c(C#N)c1COC(=O)c1cc(S(=O)(=O)NC(C)C)ccc1C. The highest BCUT2D eigenvalue weighted by Gasteiger charge is 2.25. The molecule has 0 unspecified atom stereocenters. The molecule has 0 aliphatic carbocycles. The van der Waals surface area contributed by atoms with E-state index in [4.69, 9.17) is 15.2 Å². The number of nitrogens with two attached hydrogens (primary N) is 1. The van der Waals surface area contributed by atoms with Crippen LogP contribution in [0.5, 0.6) is 0 Å². The predicted molar refractivity (Wildman–Crippen MR) is 115 cm³/mol. The van der Waals surface area contributed by atoms with Crippen LogP contribution < -0.4 is 10.5 Å². The number of carbonyl (C=O) groups excluding carboxylic acids is 2. The van der Waals surface area contributed by atoms with Crippen molar-refractivity contribution < 1.29 is 27.5 Å². The molecule has 2 aromatic rings. The van der Waals surface area contributed by atoms with Crippen LogP contribution in [0.3, 0.4) is 0 Å². The van der Waals surface area contributed by atoms with Gasteiger partial charge in [0.25, 0.3) is 0 Å². The number of sulfonamides is 1. The average molecular weight is 466 g/mol. The number of hydrogen-bond acceptors (Lipinski definition) is 9. The molecule has 11 heteroatoms. The smallest absolute Gasteiger partial charge is 0.348 e. The second kappa shape index (κ2) is 9.91. The van der Waals surface area contributed by atoms with Gasteiger partial charge in [0.15, 0.2) is 0 Å². The summed E-state index contributed by atoms with van der Waals surface area (Å²) in [7, 11) is -3.81. The van der Waals surface area contributed by atoms with Crippen molar-refractivity contribution in [3.63, 3.8) is 0 Å². The molecule has 0 bridgehead atoms. The number of anilines is 1. The Kier molecular flexibility index (Phi) is 7.78. The number of nitrogen functional groups attached to an aromatic ring is 1. The van der Waals surface area contributed by atoms with Crippen molar-refractivity contribution in [1.82, 2.24) is 4.72 Å². The molecule has 0 saturated heterocycles. The van der Waals surface area contributed by atoms with Gasteiger partial charge in [-0.15, -0.1) is 11.3 Å². The van der Waals surface area contributed by atoms with E-state index in [-0.39, 0.29) is 44.1 Å². The average Bonchev–Trinajstić information content (AvgIpc) is 3.00. The number of nitriles is 1. The van der Waals surface area contributed by atoms with Crippen molar-refractivity contribution in [2.75, 3.05) is 12.3 Å². The summed E-state index contributed by atoms with van der Waals surface area (Å²) in [5.41, 5.74) is 6.55. The zero-order valence-electron chi connectivity index (χ0n) is 17.5. The third-order valence-electron chi connectivity index (χ3n) is 4.08. The summed E-state index contributed by atoms with van der Waals surface area (Å²) in [5.74, 6) is -1.47. The third kappa shape index (κ3) is 5.61. The molecule has 0 aliphatic heterocycles. The van der Waals surface area contributed by atoms with Gasteiger partial charge < -0.3 is 15.2 Å². The Morgan fingerprint density at radius 3 is 2.52 bits per heavy atom. The van der Waals surface area contributed by atoms with Crippen LogP contribution in [0.1, 0.15) is 57.5 Å². The van der Waals surface area contributed by atoms with Gasteiger partial charge in [0, 0.05) is 11.6 Å². The molecule has 9 nitrogen and oxygen atoms in total. The number of ether oxygens (including phenoxy) is 2. The second-order valence-corrected chi connectivity index (χ2v) is 9.58. The van der Waals surface area contributed by atoms with Crippen LogP contribution in [-0.2, 0) is 26.1 Å². The van der Waals surface area contributed by atoms with Crippen molar-refractivity contribution in [2.45, 2.75) is 45.2 Å². The van der Waals surface area contributed by atoms with Crippen LogP contribution in [0, 0.1) is 18.3 Å². The van der Waals surface area contributed by atoms with E-state index in [0.717, 1.165) is 11.3 Å². The molecule has 1 heterocycles. The van der Waals surface area contributed by atoms with Crippen molar-refractivity contribution >= 4 is 38.3 Å². The highest BCUT2D eigenvalue weighted by molar-refractivity contribution is 7.89. The van der Waals surface area contributed by atoms with Crippen LogP contribution in [-0.4, -0.2) is 33.0 Å². The molecule has 0 radical (unpaired) electrons. The van der Waals surface area contributed by atoms with Crippen molar-refractivity contribution in [2.24, 2.45) is 0 Å². The van der Waals surface area contributed by atoms with Gasteiger partial charge >= 0.3 is 11.9 Å². The number of hydrogen-bond donors (Lipinski definition) is 2. The van der Waals surface area contributed by atoms with Crippen LogP contribution in [0.4, 0.5) is 5.00 Å². The number of esters is 2. The number of nitrogens with zero attached hydrogens (tertiary/aromatic N) is 1. The Bertz CT molecular complexity index is 1150. The first-order chi connectivity index (χ1) is 14.5. The monoisotopic (exact) mass is 465 g/mol. The first kappa shape index (κ1) is 24.3. The van der Waals surface area contributed by atoms with Gasteiger partial charge in [-0.25, -0.2) is 22.7 Å². The Morgan fingerprint density at radius 2 is 1.94 bits per heavy atom. The van der Waals surface area contributed by atoms with Crippen LogP contribution in [0.25, 0.3) is 0 Å². The number of rotatable bonds is 8. The number of benzene rings is 1. The number of carbonyl (C=O) groups is 2. The summed E-state index contributed by atoms with van der Waals surface area (Å²) in [6, 6.07) is 5.69. The lowest BCUT2D eigenvalue weighted by Gasteiger charge is -2.12. The molecule has 1 aromatic carbocycles. The van der Waals surface area contributed by atoms with Gasteiger partial charge in [0.1, 0.15) is 22.6 Å². The zero-order chi connectivity index (χ0) is 23.3. The van der Waals surface area contributed by atoms with Gasteiger partial charge in [0.2, 0.25) is 10.0 Å². The fourth-order valence-corrected chi connectivity index (χ4v) is 4.88. The minimum absolute atomic E-state index is 0.0371. The number of aryl methyl sites for hydroxylation is 1. The van der Waals surface area contributed by atoms with E-state index < -0.39 is 28.6 Å². The molecule has 166 valence electrons. The summed E-state index contributed by atoms with van der Waals surface area (Å²) < 4.78 is 37.5. The highest BCUT2D eigenvalue weighted by atomic mass is 32.2. The summed E-state index contributed by atoms with van der Waals surface area (Å²) in [5, 5.41) is 9.47. The number of thiophene rings is 1. The lowest BCUT2D eigenvalue weighted by molar-refractivity contribution is 0.0451. The van der Waals surface area contributed by atoms with Gasteiger partial charge in [-0.1, -0.05) is 6.07 Å². The zero-order valence-corrected chi connectivity index (χ0v) is 19.1. The van der Waals surface area contributed by atoms with Gasteiger partial charge in [0.05, 0.1) is 22.6 Å². The summed E-state index contributed by atoms with van der Waals surface area (Å²) in [4.78, 5) is 24.9. The topological polar surface area (TPSA) is 149 Å². The molecular weight excluding hydrogens is 442 g/mol. The third-order valence-corrected chi connectivity index (χ3v) is 6.78. The molecular formula is C20H23N3O6S2. The molecule has 0 atom stereocenters. The second-order valence-electron chi connectivity index (χ2n) is 6.81. The minimum atomic E-state index is -3.81. The molecule has 0 fully saturated rings. The lowest BCUT2D eigenvalue weighted by Crippen LogP contribution is -2.30. The maximum atomic E-state index is 12.7. The van der Waals surface area contributed by atoms with Crippen LogP contribution >= 0.6 is 11.3 Å². The van der Waals surface area contributed by atoms with Gasteiger partial charge in [-0.05, 0) is 45.4 Å². The summed E-state index contributed by atoms with van der Waals surface area (Å²) in [6.45, 7) is 6.36. The predicted octanol–water partition coefficient (Wildman–Crippen LogP) is 2.73. The Morgan fingerprint density at radius 1 is 1.26 bits per heavy atom. The summed E-state index contributed by atoms with van der Waals surface area (Å²) in [6.07, 6.45) is 0. The van der Waals surface area contributed by atoms with Gasteiger partial charge in [-0.3, -0.25) is 0 Å². The summed E-state index contributed by atoms with van der Waals surface area (Å²) >= 11 is 0.878. The molecule has 0 aliphatic rings. The molecule has 2 rings (SSSR count). The minimum Gasteiger partial charge on any atom is -0.462 e. The number of nitrogens with one attached hydrogen (secondary N) is 1. The fraction of sp³-hybridized carbons (Fsp3) is 0.350. The van der Waals surface area contributed by atoms with Gasteiger partial charge in [-0.2, -0.15) is 5.26 Å². The Labute approximate surface area is 184 Å². The van der Waals surface area contributed by atoms with E-state index in [1.807, 2.05) is 6.07 Å². The van der Waals surface area contributed by atoms with E-state index in [1.54, 1.807) is 27.7 Å². The van der Waals surface area contributed by atoms with E-state index in [1.165, 1.54) is 18.2 Å². The van der Waals surface area contributed by atoms with Crippen molar-refractivity contribution in [1.29, 1.82) is 5.26 Å². The van der Waals surface area contributed by atoms with E-state index in [0.29, 0.717) is 5.56 Å². The Hall–Kier alpha value is -2.94. The maximum Gasteiger partial charge on any atom is 0.348 e. The highest BCUT2D eigenvalue weighted by Crippen LogP contribution is 2.32. The van der Waals surface area contributed by atoms with E-state index in [9.17, 15) is 23.3 Å². The fourth-order valence-electron chi connectivity index (χ4n) is 2.69. The quantitative estimate of drug-likeness (QED) is 0.565. The molecule has 0 amide bonds. The van der Waals surface area contributed by atoms with E-state index in [2.05, 4.69) is 4.72 Å². The molecule has 0 saturated carbocycles. The van der Waals surface area contributed by atoms with E-state index >= 15 is 0 Å². The standard InChI is InChI=1S/C20H23N3O6S2/c1-5-28-20(25)17-16(15(9-21)18(22)30-17)10-29-19(24)14-8-13(7-6-12(14)4)31(26,27)23-11(2)3/h6-8,11,23H,5,10,22H2,1-4H3. The van der Waals surface area contributed by atoms with Crippen LogP contribution in [0.2, 0.25) is 0 Å². The first-order valence-corrected chi connectivity index (χ1v) is 11.6. The molecule has 1 aromatic heterocycles. The molecule has 31 heavy (non-hydrogen) atoms. The lowest BCUT2D eigenvalue weighted by atomic mass is 10.1. The van der Waals surface area contributed by atoms with Crippen molar-refractivity contribution in [3.05, 3.63) is 45.3 Å². The first-order valence-electron chi connectivity index (χ1n) is 9.30. The normalized spacial score (nSPS) is 11.2. The van der Waals surface area contributed by atoms with Crippen molar-refractivity contribution in [3.8, 4) is 6.07 Å².